The summed E-state index contributed by atoms with van der Waals surface area (Å²) in [7, 11) is 5.26. The molecule has 0 radical (unpaired) electrons. The number of ether oxygens (including phenoxy) is 2. The first-order chi connectivity index (χ1) is 9.69. The molecule has 0 amide bonds. The Balaban J connectivity index is 2.46. The topological polar surface area (TPSA) is 30.5 Å². The molecule has 0 spiro atoms. The van der Waals surface area contributed by atoms with Crippen LogP contribution < -0.4 is 14.8 Å². The Labute approximate surface area is 128 Å². The average Bonchev–Trinajstić information content (AvgIpc) is 2.48. The number of benzene rings is 2. The van der Waals surface area contributed by atoms with E-state index >= 15 is 0 Å². The molecule has 1 unspecified atom stereocenters. The standard InChI is InChI=1S/C16H18BrNO2/c1-18-16(11-5-4-6-12(17)9-11)14-8-7-13(19-2)10-15(14)20-3/h4-10,16,18H,1-3H3. The first-order valence-corrected chi connectivity index (χ1v) is 7.13. The summed E-state index contributed by atoms with van der Waals surface area (Å²) in [5.74, 6) is 1.60. The summed E-state index contributed by atoms with van der Waals surface area (Å²) in [6.45, 7) is 0. The maximum atomic E-state index is 5.49. The fourth-order valence-electron chi connectivity index (χ4n) is 2.24. The van der Waals surface area contributed by atoms with Gasteiger partial charge in [0.05, 0.1) is 20.3 Å². The molecule has 0 saturated carbocycles. The molecule has 2 rings (SSSR count). The van der Waals surface area contributed by atoms with Gasteiger partial charge in [-0.3, -0.25) is 0 Å². The van der Waals surface area contributed by atoms with Crippen molar-refractivity contribution in [2.24, 2.45) is 0 Å². The molecule has 1 atom stereocenters. The summed E-state index contributed by atoms with van der Waals surface area (Å²) < 4.78 is 11.8. The van der Waals surface area contributed by atoms with E-state index in [4.69, 9.17) is 9.47 Å². The van der Waals surface area contributed by atoms with Crippen LogP contribution in [0.5, 0.6) is 11.5 Å². The second-order valence-corrected chi connectivity index (χ2v) is 5.30. The molecule has 0 aromatic heterocycles. The minimum absolute atomic E-state index is 0.0633. The van der Waals surface area contributed by atoms with Gasteiger partial charge in [-0.15, -0.1) is 0 Å². The van der Waals surface area contributed by atoms with Gasteiger partial charge < -0.3 is 14.8 Å². The Morgan fingerprint density at radius 1 is 1.05 bits per heavy atom. The summed E-state index contributed by atoms with van der Waals surface area (Å²) in [6.07, 6.45) is 0. The van der Waals surface area contributed by atoms with E-state index in [9.17, 15) is 0 Å². The van der Waals surface area contributed by atoms with Crippen LogP contribution >= 0.6 is 15.9 Å². The van der Waals surface area contributed by atoms with Crippen LogP contribution in [-0.2, 0) is 0 Å². The highest BCUT2D eigenvalue weighted by Crippen LogP contribution is 2.33. The molecule has 0 fully saturated rings. The van der Waals surface area contributed by atoms with E-state index in [2.05, 4.69) is 33.4 Å². The molecular weight excluding hydrogens is 318 g/mol. The van der Waals surface area contributed by atoms with Crippen LogP contribution in [0.3, 0.4) is 0 Å². The van der Waals surface area contributed by atoms with Crippen molar-refractivity contribution < 1.29 is 9.47 Å². The second-order valence-electron chi connectivity index (χ2n) is 4.38. The zero-order valence-electron chi connectivity index (χ0n) is 11.8. The smallest absolute Gasteiger partial charge is 0.127 e. The van der Waals surface area contributed by atoms with Crippen LogP contribution in [0.4, 0.5) is 0 Å². The number of rotatable bonds is 5. The van der Waals surface area contributed by atoms with Gasteiger partial charge >= 0.3 is 0 Å². The van der Waals surface area contributed by atoms with Crippen molar-refractivity contribution in [2.75, 3.05) is 21.3 Å². The van der Waals surface area contributed by atoms with Gasteiger partial charge in [0.15, 0.2) is 0 Å². The number of hydrogen-bond acceptors (Lipinski definition) is 3. The second kappa shape index (κ2) is 6.77. The summed E-state index contributed by atoms with van der Waals surface area (Å²) in [5.41, 5.74) is 2.25. The average molecular weight is 336 g/mol. The number of methoxy groups -OCH3 is 2. The number of hydrogen-bond donors (Lipinski definition) is 1. The number of halogens is 1. The number of nitrogens with one attached hydrogen (secondary N) is 1. The third-order valence-electron chi connectivity index (χ3n) is 3.22. The van der Waals surface area contributed by atoms with E-state index < -0.39 is 0 Å². The van der Waals surface area contributed by atoms with Crippen LogP contribution in [-0.4, -0.2) is 21.3 Å². The van der Waals surface area contributed by atoms with Crippen LogP contribution in [0.2, 0.25) is 0 Å². The lowest BCUT2D eigenvalue weighted by molar-refractivity contribution is 0.388. The van der Waals surface area contributed by atoms with Gasteiger partial charge in [-0.25, -0.2) is 0 Å². The molecule has 1 N–H and O–H groups in total. The van der Waals surface area contributed by atoms with E-state index in [0.29, 0.717) is 0 Å². The van der Waals surface area contributed by atoms with Crippen LogP contribution in [0, 0.1) is 0 Å². The van der Waals surface area contributed by atoms with Gasteiger partial charge in [-0.2, -0.15) is 0 Å². The van der Waals surface area contributed by atoms with E-state index in [1.807, 2.05) is 37.4 Å². The Morgan fingerprint density at radius 2 is 1.85 bits per heavy atom. The third-order valence-corrected chi connectivity index (χ3v) is 3.72. The van der Waals surface area contributed by atoms with Crippen LogP contribution in [0.1, 0.15) is 17.2 Å². The van der Waals surface area contributed by atoms with Crippen molar-refractivity contribution in [1.82, 2.24) is 5.32 Å². The first-order valence-electron chi connectivity index (χ1n) is 6.34. The Morgan fingerprint density at radius 3 is 2.45 bits per heavy atom. The molecule has 20 heavy (non-hydrogen) atoms. The predicted octanol–water partition coefficient (Wildman–Crippen LogP) is 3.78. The fraction of sp³-hybridized carbons (Fsp3) is 0.250. The zero-order valence-corrected chi connectivity index (χ0v) is 13.4. The zero-order chi connectivity index (χ0) is 14.5. The Hall–Kier alpha value is -1.52. The Bertz CT molecular complexity index is 586. The summed E-state index contributed by atoms with van der Waals surface area (Å²) in [4.78, 5) is 0. The lowest BCUT2D eigenvalue weighted by Crippen LogP contribution is -2.18. The van der Waals surface area contributed by atoms with Gasteiger partial charge in [0.2, 0.25) is 0 Å². The molecule has 3 nitrogen and oxygen atoms in total. The van der Waals surface area contributed by atoms with Gasteiger partial charge in [0.25, 0.3) is 0 Å². The fourth-order valence-corrected chi connectivity index (χ4v) is 2.66. The van der Waals surface area contributed by atoms with Crippen molar-refractivity contribution in [3.05, 3.63) is 58.1 Å². The molecule has 0 bridgehead atoms. The molecule has 2 aromatic carbocycles. The quantitative estimate of drug-likeness (QED) is 0.902. The Kier molecular flexibility index (Phi) is 5.04. The predicted molar refractivity (Wildman–Crippen MR) is 84.6 cm³/mol. The summed E-state index contributed by atoms with van der Waals surface area (Å²) >= 11 is 3.51. The SMILES string of the molecule is CNC(c1cccc(Br)c1)c1ccc(OC)cc1OC. The van der Waals surface area contributed by atoms with Crippen molar-refractivity contribution in [1.29, 1.82) is 0 Å². The summed E-state index contributed by atoms with van der Waals surface area (Å²) in [5, 5.41) is 3.33. The van der Waals surface area contributed by atoms with Crippen molar-refractivity contribution in [2.45, 2.75) is 6.04 Å². The van der Waals surface area contributed by atoms with Crippen molar-refractivity contribution >= 4 is 15.9 Å². The highest BCUT2D eigenvalue weighted by atomic mass is 79.9. The van der Waals surface area contributed by atoms with Gasteiger partial charge in [-0.1, -0.05) is 28.1 Å². The molecule has 2 aromatic rings. The highest BCUT2D eigenvalue weighted by Gasteiger charge is 2.17. The maximum absolute atomic E-state index is 5.49. The largest absolute Gasteiger partial charge is 0.497 e. The van der Waals surface area contributed by atoms with E-state index in [0.717, 1.165) is 21.5 Å². The first kappa shape index (κ1) is 14.9. The molecule has 0 aliphatic carbocycles. The van der Waals surface area contributed by atoms with Crippen LogP contribution in [0.15, 0.2) is 46.9 Å². The van der Waals surface area contributed by atoms with Gasteiger partial charge in [-0.05, 0) is 36.9 Å². The minimum Gasteiger partial charge on any atom is -0.497 e. The normalized spacial score (nSPS) is 12.0. The van der Waals surface area contributed by atoms with E-state index in [1.54, 1.807) is 14.2 Å². The molecule has 0 saturated heterocycles. The maximum Gasteiger partial charge on any atom is 0.127 e. The molecule has 106 valence electrons. The third kappa shape index (κ3) is 3.14. The molecule has 0 aliphatic rings. The minimum atomic E-state index is 0.0633. The highest BCUT2D eigenvalue weighted by molar-refractivity contribution is 9.10. The molecular formula is C16H18BrNO2. The lowest BCUT2D eigenvalue weighted by Gasteiger charge is -2.20. The van der Waals surface area contributed by atoms with E-state index in [1.165, 1.54) is 5.56 Å². The monoisotopic (exact) mass is 335 g/mol. The summed E-state index contributed by atoms with van der Waals surface area (Å²) in [6, 6.07) is 14.2. The lowest BCUT2D eigenvalue weighted by atomic mass is 9.98. The van der Waals surface area contributed by atoms with Crippen molar-refractivity contribution in [3.8, 4) is 11.5 Å². The molecule has 0 aliphatic heterocycles. The van der Waals surface area contributed by atoms with Crippen LogP contribution in [0.25, 0.3) is 0 Å². The molecule has 0 heterocycles. The molecule has 4 heteroatoms. The van der Waals surface area contributed by atoms with Gasteiger partial charge in [0.1, 0.15) is 11.5 Å². The van der Waals surface area contributed by atoms with E-state index in [-0.39, 0.29) is 6.04 Å². The van der Waals surface area contributed by atoms with Gasteiger partial charge in [0, 0.05) is 16.1 Å². The van der Waals surface area contributed by atoms with Crippen molar-refractivity contribution in [3.63, 3.8) is 0 Å².